The molecule has 2 bridgehead atoms. The third-order valence-corrected chi connectivity index (χ3v) is 4.61. The molecule has 0 spiro atoms. The fourth-order valence-electron chi connectivity index (χ4n) is 3.64. The van der Waals surface area contributed by atoms with Gasteiger partial charge in [0.25, 0.3) is 0 Å². The number of hydrogen-bond acceptors (Lipinski definition) is 1. The normalized spacial score (nSPS) is 42.4. The molecule has 2 fully saturated rings. The van der Waals surface area contributed by atoms with Crippen molar-refractivity contribution in [1.82, 2.24) is 0 Å². The van der Waals surface area contributed by atoms with Crippen LogP contribution in [0, 0.1) is 34.5 Å². The molecule has 0 saturated heterocycles. The minimum absolute atomic E-state index is 0.0817. The summed E-state index contributed by atoms with van der Waals surface area (Å²) in [6.07, 6.45) is 7.66. The summed E-state index contributed by atoms with van der Waals surface area (Å²) in [6.45, 7) is 4.54. The highest BCUT2D eigenvalue weighted by molar-refractivity contribution is 5.11. The molecule has 0 aromatic heterocycles. The maximum absolute atomic E-state index is 9.43. The van der Waals surface area contributed by atoms with E-state index in [1.54, 1.807) is 0 Å². The standard InChI is InChI=1S/C13H21N/c1-3-10(2)7-13(9-14)8-11-4-5-12(13)6-11/h10-12H,3-8H2,1-2H3. The van der Waals surface area contributed by atoms with Gasteiger partial charge in [0, 0.05) is 0 Å². The summed E-state index contributed by atoms with van der Waals surface area (Å²) in [5.41, 5.74) is 0.0817. The fraction of sp³-hybridized carbons (Fsp3) is 0.923. The van der Waals surface area contributed by atoms with E-state index in [4.69, 9.17) is 0 Å². The van der Waals surface area contributed by atoms with Crippen LogP contribution in [0.4, 0.5) is 0 Å². The molecular weight excluding hydrogens is 170 g/mol. The Morgan fingerprint density at radius 2 is 2.29 bits per heavy atom. The molecule has 14 heavy (non-hydrogen) atoms. The van der Waals surface area contributed by atoms with Crippen molar-refractivity contribution >= 4 is 0 Å². The summed E-state index contributed by atoms with van der Waals surface area (Å²) in [4.78, 5) is 0. The molecule has 1 heteroatoms. The third kappa shape index (κ3) is 1.45. The summed E-state index contributed by atoms with van der Waals surface area (Å²) in [6, 6.07) is 2.67. The van der Waals surface area contributed by atoms with E-state index >= 15 is 0 Å². The molecule has 0 aliphatic heterocycles. The second-order valence-corrected chi connectivity index (χ2v) is 5.57. The number of hydrogen-bond donors (Lipinski definition) is 0. The van der Waals surface area contributed by atoms with Crippen LogP contribution in [0.15, 0.2) is 0 Å². The maximum Gasteiger partial charge on any atom is 0.0692 e. The molecule has 2 rings (SSSR count). The van der Waals surface area contributed by atoms with Crippen molar-refractivity contribution in [3.8, 4) is 6.07 Å². The second-order valence-electron chi connectivity index (χ2n) is 5.57. The first-order valence-electron chi connectivity index (χ1n) is 6.11. The van der Waals surface area contributed by atoms with Crippen LogP contribution < -0.4 is 0 Å². The molecule has 2 aliphatic carbocycles. The van der Waals surface area contributed by atoms with Gasteiger partial charge in [-0.2, -0.15) is 5.26 Å². The van der Waals surface area contributed by atoms with Crippen LogP contribution in [0.25, 0.3) is 0 Å². The first kappa shape index (κ1) is 10.0. The van der Waals surface area contributed by atoms with Crippen LogP contribution >= 0.6 is 0 Å². The van der Waals surface area contributed by atoms with E-state index in [0.717, 1.165) is 24.2 Å². The van der Waals surface area contributed by atoms with Crippen molar-refractivity contribution < 1.29 is 0 Å². The zero-order valence-corrected chi connectivity index (χ0v) is 9.42. The van der Waals surface area contributed by atoms with Crippen molar-refractivity contribution in [2.45, 2.75) is 52.4 Å². The van der Waals surface area contributed by atoms with E-state index in [1.807, 2.05) is 0 Å². The summed E-state index contributed by atoms with van der Waals surface area (Å²) < 4.78 is 0. The number of nitriles is 1. The number of rotatable bonds is 3. The van der Waals surface area contributed by atoms with Gasteiger partial charge in [0.1, 0.15) is 0 Å². The zero-order chi connectivity index (χ0) is 10.2. The molecule has 0 N–H and O–H groups in total. The zero-order valence-electron chi connectivity index (χ0n) is 9.42. The fourth-order valence-corrected chi connectivity index (χ4v) is 3.64. The molecule has 4 atom stereocenters. The number of nitrogens with zero attached hydrogens (tertiary/aromatic N) is 1. The van der Waals surface area contributed by atoms with Gasteiger partial charge in [-0.15, -0.1) is 0 Å². The van der Waals surface area contributed by atoms with E-state index in [-0.39, 0.29) is 5.41 Å². The summed E-state index contributed by atoms with van der Waals surface area (Å²) >= 11 is 0. The molecule has 0 radical (unpaired) electrons. The van der Waals surface area contributed by atoms with Gasteiger partial charge in [0.2, 0.25) is 0 Å². The molecule has 4 unspecified atom stereocenters. The van der Waals surface area contributed by atoms with Crippen molar-refractivity contribution in [3.63, 3.8) is 0 Å². The van der Waals surface area contributed by atoms with Gasteiger partial charge in [0.15, 0.2) is 0 Å². The smallest absolute Gasteiger partial charge is 0.0692 e. The van der Waals surface area contributed by atoms with Crippen LogP contribution in [-0.2, 0) is 0 Å². The third-order valence-electron chi connectivity index (χ3n) is 4.61. The molecule has 1 nitrogen and oxygen atoms in total. The molecule has 2 saturated carbocycles. The van der Waals surface area contributed by atoms with Crippen molar-refractivity contribution in [2.24, 2.45) is 23.2 Å². The van der Waals surface area contributed by atoms with Crippen LogP contribution in [-0.4, -0.2) is 0 Å². The second kappa shape index (κ2) is 3.57. The van der Waals surface area contributed by atoms with Crippen LogP contribution in [0.1, 0.15) is 52.4 Å². The van der Waals surface area contributed by atoms with Crippen LogP contribution in [0.3, 0.4) is 0 Å². The van der Waals surface area contributed by atoms with Crippen LogP contribution in [0.5, 0.6) is 0 Å². The van der Waals surface area contributed by atoms with E-state index in [1.165, 1.54) is 32.1 Å². The van der Waals surface area contributed by atoms with Crippen molar-refractivity contribution in [3.05, 3.63) is 0 Å². The Kier molecular flexibility index (Phi) is 2.56. The Morgan fingerprint density at radius 1 is 1.50 bits per heavy atom. The summed E-state index contributed by atoms with van der Waals surface area (Å²) in [5.74, 6) is 2.37. The molecule has 0 aromatic carbocycles. The molecule has 0 amide bonds. The highest BCUT2D eigenvalue weighted by atomic mass is 14.6. The van der Waals surface area contributed by atoms with Gasteiger partial charge in [0.05, 0.1) is 11.5 Å². The van der Waals surface area contributed by atoms with Gasteiger partial charge in [-0.25, -0.2) is 0 Å². The van der Waals surface area contributed by atoms with E-state index in [9.17, 15) is 5.26 Å². The lowest BCUT2D eigenvalue weighted by atomic mass is 9.69. The Balaban J connectivity index is 2.08. The highest BCUT2D eigenvalue weighted by Gasteiger charge is 2.51. The Bertz CT molecular complexity index is 252. The molecule has 0 heterocycles. The lowest BCUT2D eigenvalue weighted by Crippen LogP contribution is -2.28. The molecular formula is C13H21N. The minimum Gasteiger partial charge on any atom is -0.198 e. The lowest BCUT2D eigenvalue weighted by Gasteiger charge is -2.33. The summed E-state index contributed by atoms with van der Waals surface area (Å²) in [5, 5.41) is 9.43. The lowest BCUT2D eigenvalue weighted by molar-refractivity contribution is 0.190. The SMILES string of the molecule is CCC(C)CC1(C#N)CC2CCC1C2. The Labute approximate surface area is 87.5 Å². The molecule has 0 aromatic rings. The highest BCUT2D eigenvalue weighted by Crippen LogP contribution is 2.58. The van der Waals surface area contributed by atoms with E-state index < -0.39 is 0 Å². The van der Waals surface area contributed by atoms with E-state index in [0.29, 0.717) is 0 Å². The topological polar surface area (TPSA) is 23.8 Å². The average molecular weight is 191 g/mol. The van der Waals surface area contributed by atoms with Crippen molar-refractivity contribution in [2.75, 3.05) is 0 Å². The van der Waals surface area contributed by atoms with Crippen molar-refractivity contribution in [1.29, 1.82) is 5.26 Å². The van der Waals surface area contributed by atoms with Gasteiger partial charge >= 0.3 is 0 Å². The first-order valence-corrected chi connectivity index (χ1v) is 6.11. The predicted molar refractivity (Wildman–Crippen MR) is 57.6 cm³/mol. The minimum atomic E-state index is 0.0817. The van der Waals surface area contributed by atoms with Gasteiger partial charge in [-0.05, 0) is 43.4 Å². The quantitative estimate of drug-likeness (QED) is 0.666. The van der Waals surface area contributed by atoms with Gasteiger partial charge < -0.3 is 0 Å². The average Bonchev–Trinajstić information content (AvgIpc) is 2.77. The van der Waals surface area contributed by atoms with Gasteiger partial charge in [-0.1, -0.05) is 26.7 Å². The Morgan fingerprint density at radius 3 is 2.71 bits per heavy atom. The number of fused-ring (bicyclic) bond motifs is 2. The summed E-state index contributed by atoms with van der Waals surface area (Å²) in [7, 11) is 0. The predicted octanol–water partition coefficient (Wildman–Crippen LogP) is 3.75. The molecule has 2 aliphatic rings. The maximum atomic E-state index is 9.43. The van der Waals surface area contributed by atoms with E-state index in [2.05, 4.69) is 19.9 Å². The molecule has 78 valence electrons. The van der Waals surface area contributed by atoms with Crippen LogP contribution in [0.2, 0.25) is 0 Å². The Hall–Kier alpha value is -0.510. The largest absolute Gasteiger partial charge is 0.198 e. The first-order chi connectivity index (χ1) is 6.70. The monoisotopic (exact) mass is 191 g/mol. The van der Waals surface area contributed by atoms with Gasteiger partial charge in [-0.3, -0.25) is 0 Å².